The number of primary amides is 1. The third-order valence-electron chi connectivity index (χ3n) is 9.62. The number of amidine groups is 1. The minimum Gasteiger partial charge on any atom is -0.378 e. The molecule has 0 heterocycles. The van der Waals surface area contributed by atoms with Gasteiger partial charge in [0, 0.05) is 13.5 Å². The molecule has 0 bridgehead atoms. The number of hydrazine groups is 1. The van der Waals surface area contributed by atoms with E-state index in [1.165, 1.54) is 20.8 Å². The van der Waals surface area contributed by atoms with Gasteiger partial charge in [-0.3, -0.25) is 43.2 Å². The van der Waals surface area contributed by atoms with E-state index in [1.807, 2.05) is 13.8 Å². The van der Waals surface area contributed by atoms with Crippen LogP contribution in [0.1, 0.15) is 101 Å². The zero-order chi connectivity index (χ0) is 48.9. The molecule has 1 aromatic carbocycles. The number of hydrazone groups is 1. The Morgan fingerprint density at radius 1 is 0.703 bits per heavy atom. The summed E-state index contributed by atoms with van der Waals surface area (Å²) in [7, 11) is 0. The van der Waals surface area contributed by atoms with E-state index in [9.17, 15) is 43.2 Å². The van der Waals surface area contributed by atoms with Gasteiger partial charge in [-0.25, -0.2) is 5.84 Å². The molecule has 0 aromatic heterocycles. The van der Waals surface area contributed by atoms with E-state index in [2.05, 4.69) is 47.6 Å². The molecule has 0 spiro atoms. The predicted molar refractivity (Wildman–Crippen MR) is 241 cm³/mol. The molecular weight excluding hydrogens is 831 g/mol. The highest BCUT2D eigenvalue weighted by Crippen LogP contribution is 2.12. The maximum Gasteiger partial charge on any atom is 0.288 e. The first-order valence-corrected chi connectivity index (χ1v) is 21.4. The second-order valence-corrected chi connectivity index (χ2v) is 17.1. The molecule has 22 nitrogen and oxygen atoms in total. The zero-order valence-corrected chi connectivity index (χ0v) is 38.8. The van der Waals surface area contributed by atoms with Gasteiger partial charge in [-0.15, -0.1) is 5.10 Å². The number of hydrogen-bond acceptors (Lipinski definition) is 12. The molecule has 0 fully saturated rings. The normalized spacial score (nSPS) is 13.9. The smallest absolute Gasteiger partial charge is 0.288 e. The molecule has 0 aliphatic carbocycles. The van der Waals surface area contributed by atoms with Gasteiger partial charge in [-0.1, -0.05) is 73.1 Å². The van der Waals surface area contributed by atoms with Crippen LogP contribution in [0, 0.1) is 17.8 Å². The Hall–Kier alpha value is -6.32. The van der Waals surface area contributed by atoms with E-state index in [0.29, 0.717) is 12.1 Å². The number of para-hydroxylation sites is 1. The van der Waals surface area contributed by atoms with Gasteiger partial charge in [0.2, 0.25) is 53.1 Å². The average molecular weight is 902 g/mol. The Bertz CT molecular complexity index is 1800. The van der Waals surface area contributed by atoms with Crippen LogP contribution in [0.25, 0.3) is 0 Å². The van der Waals surface area contributed by atoms with Gasteiger partial charge >= 0.3 is 0 Å². The molecule has 5 atom stereocenters. The van der Waals surface area contributed by atoms with Crippen molar-refractivity contribution in [1.29, 1.82) is 0 Å². The maximum absolute atomic E-state index is 13.9. The molecule has 9 amide bonds. The second-order valence-electron chi connectivity index (χ2n) is 17.1. The molecule has 64 heavy (non-hydrogen) atoms. The summed E-state index contributed by atoms with van der Waals surface area (Å²) in [6.45, 7) is 15.8. The number of nitrogens with two attached hydrogens (primary N) is 3. The van der Waals surface area contributed by atoms with Crippen molar-refractivity contribution in [3.63, 3.8) is 0 Å². The van der Waals surface area contributed by atoms with E-state index in [-0.39, 0.29) is 44.1 Å². The number of benzene rings is 1. The summed E-state index contributed by atoms with van der Waals surface area (Å²) >= 11 is 0. The van der Waals surface area contributed by atoms with Gasteiger partial charge in [-0.2, -0.15) is 5.12 Å². The highest BCUT2D eigenvalue weighted by molar-refractivity contribution is 6.37. The third-order valence-corrected chi connectivity index (χ3v) is 9.62. The topological polar surface area (TPSA) is 344 Å². The number of carbonyl (C=O) groups excluding carboxylic acids is 9. The SMILES string of the molecule is CCC[C@H](NC(=O)CNC(=O)C(NC(C)=O)C(C)C)C(=O)NC(C)(C)C(=O)NC(C(=O)N[C@@H](CCCNC(=O)/C(N)=N/N(N)c1ccccc1)C(=O)N[C@@H](CC(C)C)C(N)=O)C(C)C. The molecule has 1 rings (SSSR count). The number of anilines is 1. The zero-order valence-electron chi connectivity index (χ0n) is 38.8. The standard InChI is InChI=1S/C42H71N13O9/c1-11-16-28(49-31(57)22-47-38(61)32(24(4)5)48-26(8)56)37(60)53-42(9,10)41(64)52-33(25(6)7)39(62)50-29(36(59)51-30(35(44)58)21-23(2)3)19-15-20-46-40(63)34(43)54-55(45)27-17-13-12-14-18-27/h12-14,17-18,23-25,28-30,32-33H,11,15-16,19-22,45H2,1-10H3,(H2,43,54)(H2,44,58)(H,46,63)(H,47,61)(H,48,56)(H,49,57)(H,50,62)(H,51,59)(H,52,64)(H,53,60)/t28-,29-,30-,32?,33?/m0/s1. The lowest BCUT2D eigenvalue weighted by Crippen LogP contribution is -2.63. The van der Waals surface area contributed by atoms with Gasteiger partial charge in [0.1, 0.15) is 35.7 Å². The molecule has 0 aliphatic heterocycles. The fourth-order valence-electron chi connectivity index (χ4n) is 6.06. The van der Waals surface area contributed by atoms with E-state index in [0.717, 1.165) is 5.12 Å². The number of hydrogen-bond donors (Lipinski definition) is 11. The van der Waals surface area contributed by atoms with Crippen LogP contribution in [-0.4, -0.2) is 108 Å². The van der Waals surface area contributed by atoms with E-state index in [1.54, 1.807) is 65.0 Å². The van der Waals surface area contributed by atoms with Crippen LogP contribution in [0.5, 0.6) is 0 Å². The highest BCUT2D eigenvalue weighted by Gasteiger charge is 2.37. The first kappa shape index (κ1) is 55.7. The fraction of sp³-hybridized carbons (Fsp3) is 0.619. The molecule has 1 aromatic rings. The van der Waals surface area contributed by atoms with Crippen molar-refractivity contribution in [1.82, 2.24) is 42.5 Å². The summed E-state index contributed by atoms with van der Waals surface area (Å²) in [5, 5.41) is 25.5. The van der Waals surface area contributed by atoms with E-state index < -0.39 is 107 Å². The second kappa shape index (κ2) is 27.0. The molecular formula is C42H71N13O9. The lowest BCUT2D eigenvalue weighted by Gasteiger charge is -2.32. The molecule has 0 radical (unpaired) electrons. The number of nitrogens with zero attached hydrogens (tertiary/aromatic N) is 2. The van der Waals surface area contributed by atoms with Crippen molar-refractivity contribution < 1.29 is 43.2 Å². The van der Waals surface area contributed by atoms with Gasteiger partial charge < -0.3 is 54.0 Å². The monoisotopic (exact) mass is 902 g/mol. The van der Waals surface area contributed by atoms with E-state index >= 15 is 0 Å². The van der Waals surface area contributed by atoms with Crippen molar-refractivity contribution in [2.75, 3.05) is 18.2 Å². The van der Waals surface area contributed by atoms with Gasteiger partial charge in [0.05, 0.1) is 12.2 Å². The van der Waals surface area contributed by atoms with Crippen molar-refractivity contribution in [3.05, 3.63) is 30.3 Å². The summed E-state index contributed by atoms with van der Waals surface area (Å²) in [6.07, 6.45) is 0.957. The van der Waals surface area contributed by atoms with Gasteiger partial charge in [0.15, 0.2) is 0 Å². The number of nitrogens with one attached hydrogen (secondary N) is 8. The highest BCUT2D eigenvalue weighted by atomic mass is 16.2. The number of amides is 9. The Labute approximate surface area is 375 Å². The summed E-state index contributed by atoms with van der Waals surface area (Å²) in [4.78, 5) is 117. The molecule has 0 aliphatic rings. The molecule has 358 valence electrons. The van der Waals surface area contributed by atoms with Crippen LogP contribution in [0.15, 0.2) is 35.4 Å². The minimum atomic E-state index is -1.63. The lowest BCUT2D eigenvalue weighted by molar-refractivity contribution is -0.137. The lowest BCUT2D eigenvalue weighted by atomic mass is 9.98. The van der Waals surface area contributed by atoms with Crippen LogP contribution in [-0.2, 0) is 43.2 Å². The Kier molecular flexibility index (Phi) is 23.5. The number of carbonyl (C=O) groups is 9. The van der Waals surface area contributed by atoms with Crippen molar-refractivity contribution in [2.24, 2.45) is 40.2 Å². The quantitative estimate of drug-likeness (QED) is 0.0169. The largest absolute Gasteiger partial charge is 0.378 e. The van der Waals surface area contributed by atoms with Crippen LogP contribution in [0.2, 0.25) is 0 Å². The molecule has 0 saturated carbocycles. The number of rotatable bonds is 26. The Balaban J connectivity index is 3.13. The van der Waals surface area contributed by atoms with Crippen molar-refractivity contribution >= 4 is 64.7 Å². The van der Waals surface area contributed by atoms with Crippen LogP contribution < -0.4 is 65.0 Å². The molecule has 2 unspecified atom stereocenters. The first-order chi connectivity index (χ1) is 29.8. The van der Waals surface area contributed by atoms with Gasteiger partial charge in [0.25, 0.3) is 5.91 Å². The average Bonchev–Trinajstić information content (AvgIpc) is 3.20. The summed E-state index contributed by atoms with van der Waals surface area (Å²) in [6, 6.07) is 3.02. The molecule has 0 saturated heterocycles. The Morgan fingerprint density at radius 2 is 1.27 bits per heavy atom. The Morgan fingerprint density at radius 3 is 1.80 bits per heavy atom. The minimum absolute atomic E-state index is 0.0145. The van der Waals surface area contributed by atoms with Crippen LogP contribution in [0.3, 0.4) is 0 Å². The molecule has 22 heteroatoms. The first-order valence-electron chi connectivity index (χ1n) is 21.4. The van der Waals surface area contributed by atoms with Crippen molar-refractivity contribution in [2.45, 2.75) is 137 Å². The van der Waals surface area contributed by atoms with Crippen molar-refractivity contribution in [3.8, 4) is 0 Å². The van der Waals surface area contributed by atoms with Crippen LogP contribution in [0.4, 0.5) is 5.69 Å². The third kappa shape index (κ3) is 19.8. The fourth-order valence-corrected chi connectivity index (χ4v) is 6.06. The van der Waals surface area contributed by atoms with Gasteiger partial charge in [-0.05, 0) is 69.4 Å². The van der Waals surface area contributed by atoms with E-state index in [4.69, 9.17) is 17.3 Å². The summed E-state index contributed by atoms with van der Waals surface area (Å²) in [5.74, 6) is -1.53. The summed E-state index contributed by atoms with van der Waals surface area (Å²) < 4.78 is 0. The molecule has 14 N–H and O–H groups in total. The predicted octanol–water partition coefficient (Wildman–Crippen LogP) is -1.37. The maximum atomic E-state index is 13.9. The van der Waals surface area contributed by atoms with Crippen LogP contribution >= 0.6 is 0 Å². The summed E-state index contributed by atoms with van der Waals surface area (Å²) in [5.41, 5.74) is 10.3.